The van der Waals surface area contributed by atoms with E-state index in [1.165, 1.54) is 0 Å². The molecular weight excluding hydrogens is 473 g/mol. The van der Waals surface area contributed by atoms with Crippen LogP contribution in [0.15, 0.2) is 35.3 Å². The zero-order valence-corrected chi connectivity index (χ0v) is 20.0. The molecule has 0 radical (unpaired) electrons. The average molecular weight is 509 g/mol. The monoisotopic (exact) mass is 509 g/mol. The molecule has 2 unspecified atom stereocenters. The van der Waals surface area contributed by atoms with Crippen LogP contribution in [0.3, 0.4) is 0 Å². The summed E-state index contributed by atoms with van der Waals surface area (Å²) < 4.78 is 12.2. The van der Waals surface area contributed by atoms with Gasteiger partial charge in [0.1, 0.15) is 0 Å². The Hall–Kier alpha value is -0.670. The van der Waals surface area contributed by atoms with Gasteiger partial charge in [0.05, 0.1) is 0 Å². The summed E-state index contributed by atoms with van der Waals surface area (Å²) in [7, 11) is -0.893. The smallest absolute Gasteiger partial charge is 0.191 e. The Morgan fingerprint density at radius 1 is 1.22 bits per heavy atom. The molecule has 5 nitrogen and oxygen atoms in total. The number of hydrogen-bond donors (Lipinski definition) is 3. The van der Waals surface area contributed by atoms with Crippen LogP contribution in [-0.2, 0) is 16.6 Å². The molecule has 3 N–H and O–H groups in total. The number of guanidine groups is 1. The van der Waals surface area contributed by atoms with Gasteiger partial charge in [-0.2, -0.15) is 0 Å². The first-order valence-electron chi connectivity index (χ1n) is 9.57. The van der Waals surface area contributed by atoms with Crippen LogP contribution in [0.4, 0.5) is 0 Å². The van der Waals surface area contributed by atoms with Gasteiger partial charge in [-0.05, 0) is 37.2 Å². The van der Waals surface area contributed by atoms with E-state index in [-0.39, 0.29) is 30.6 Å². The standard InChI is InChI=1S/C20H35N3O2S.HI/c1-4-21-20(23-15-19(10-12-24)14-17(2)3)22-11-13-26(25)16-18-8-6-5-7-9-18;/h5-9,17,19,24H,4,10-16H2,1-3H3,(H2,21,22,23);1H. The Labute approximate surface area is 184 Å². The molecule has 0 aromatic heterocycles. The second kappa shape index (κ2) is 16.3. The van der Waals surface area contributed by atoms with Gasteiger partial charge >= 0.3 is 0 Å². The fraction of sp³-hybridized carbons (Fsp3) is 0.650. The maximum atomic E-state index is 12.2. The average Bonchev–Trinajstić information content (AvgIpc) is 2.60. The topological polar surface area (TPSA) is 73.7 Å². The Morgan fingerprint density at radius 2 is 1.93 bits per heavy atom. The van der Waals surface area contributed by atoms with Crippen LogP contribution in [0.2, 0.25) is 0 Å². The van der Waals surface area contributed by atoms with Gasteiger partial charge < -0.3 is 15.7 Å². The van der Waals surface area contributed by atoms with Gasteiger partial charge in [-0.15, -0.1) is 24.0 Å². The van der Waals surface area contributed by atoms with Crippen LogP contribution in [0.1, 0.15) is 39.2 Å². The van der Waals surface area contributed by atoms with Gasteiger partial charge in [0.15, 0.2) is 5.96 Å². The molecular formula is C20H36IN3O2S. The number of aliphatic imine (C=N–C) groups is 1. The van der Waals surface area contributed by atoms with E-state index in [0.29, 0.717) is 36.4 Å². The molecule has 2 atom stereocenters. The van der Waals surface area contributed by atoms with Crippen molar-refractivity contribution in [1.82, 2.24) is 10.6 Å². The van der Waals surface area contributed by atoms with Gasteiger partial charge in [-0.3, -0.25) is 9.20 Å². The summed E-state index contributed by atoms with van der Waals surface area (Å²) in [4.78, 5) is 4.65. The van der Waals surface area contributed by atoms with Crippen LogP contribution >= 0.6 is 24.0 Å². The molecule has 0 aliphatic rings. The largest absolute Gasteiger partial charge is 0.396 e. The molecule has 0 saturated carbocycles. The zero-order chi connectivity index (χ0) is 19.2. The fourth-order valence-corrected chi connectivity index (χ4v) is 3.85. The molecule has 0 aliphatic heterocycles. The van der Waals surface area contributed by atoms with Gasteiger partial charge in [0.25, 0.3) is 0 Å². The van der Waals surface area contributed by atoms with E-state index < -0.39 is 10.8 Å². The highest BCUT2D eigenvalue weighted by Gasteiger charge is 2.11. The van der Waals surface area contributed by atoms with Crippen LogP contribution in [0.25, 0.3) is 0 Å². The molecule has 0 saturated heterocycles. The van der Waals surface area contributed by atoms with Gasteiger partial charge in [-0.1, -0.05) is 44.2 Å². The molecule has 0 aliphatic carbocycles. The highest BCUT2D eigenvalue weighted by Crippen LogP contribution is 2.15. The molecule has 0 spiro atoms. The lowest BCUT2D eigenvalue weighted by Gasteiger charge is -2.17. The Balaban J connectivity index is 0.00000676. The van der Waals surface area contributed by atoms with Crippen LogP contribution in [0, 0.1) is 11.8 Å². The van der Waals surface area contributed by atoms with Crippen molar-refractivity contribution in [3.8, 4) is 0 Å². The van der Waals surface area contributed by atoms with Crippen molar-refractivity contribution in [2.24, 2.45) is 16.8 Å². The molecule has 1 aromatic carbocycles. The Bertz CT molecular complexity index is 541. The SMILES string of the molecule is CCNC(=NCC(CCO)CC(C)C)NCCS(=O)Cc1ccccc1.I. The Kier molecular flexibility index (Phi) is 15.9. The summed E-state index contributed by atoms with van der Waals surface area (Å²) in [6.45, 7) is 8.73. The predicted molar refractivity (Wildman–Crippen MR) is 127 cm³/mol. The van der Waals surface area contributed by atoms with Crippen LogP contribution < -0.4 is 10.6 Å². The number of nitrogens with one attached hydrogen (secondary N) is 2. The highest BCUT2D eigenvalue weighted by molar-refractivity contribution is 14.0. The number of hydrogen-bond acceptors (Lipinski definition) is 3. The first-order valence-corrected chi connectivity index (χ1v) is 11.1. The lowest BCUT2D eigenvalue weighted by Crippen LogP contribution is -2.39. The lowest BCUT2D eigenvalue weighted by atomic mass is 9.94. The minimum Gasteiger partial charge on any atom is -0.396 e. The summed E-state index contributed by atoms with van der Waals surface area (Å²) in [6, 6.07) is 9.93. The van der Waals surface area contributed by atoms with Crippen LogP contribution in [-0.4, -0.2) is 47.3 Å². The third kappa shape index (κ3) is 13.2. The molecule has 1 aromatic rings. The number of aliphatic hydroxyl groups excluding tert-OH is 1. The van der Waals surface area contributed by atoms with Crippen molar-refractivity contribution >= 4 is 40.7 Å². The summed E-state index contributed by atoms with van der Waals surface area (Å²) in [5.41, 5.74) is 1.10. The summed E-state index contributed by atoms with van der Waals surface area (Å²) in [5.74, 6) is 2.92. The van der Waals surface area contributed by atoms with Crippen molar-refractivity contribution in [2.75, 3.05) is 32.0 Å². The van der Waals surface area contributed by atoms with E-state index >= 15 is 0 Å². The first kappa shape index (κ1) is 26.3. The maximum absolute atomic E-state index is 12.2. The number of nitrogens with zero attached hydrogens (tertiary/aromatic N) is 1. The molecule has 27 heavy (non-hydrogen) atoms. The molecule has 0 amide bonds. The van der Waals surface area contributed by atoms with Crippen LogP contribution in [0.5, 0.6) is 0 Å². The molecule has 0 bridgehead atoms. The van der Waals surface area contributed by atoms with Crippen molar-refractivity contribution in [3.05, 3.63) is 35.9 Å². The third-order valence-corrected chi connectivity index (χ3v) is 5.30. The molecule has 1 rings (SSSR count). The van der Waals surface area contributed by atoms with E-state index in [9.17, 15) is 9.32 Å². The van der Waals surface area contributed by atoms with Crippen molar-refractivity contribution in [3.63, 3.8) is 0 Å². The summed E-state index contributed by atoms with van der Waals surface area (Å²) >= 11 is 0. The second-order valence-electron chi connectivity index (χ2n) is 6.93. The third-order valence-electron chi connectivity index (χ3n) is 3.99. The Morgan fingerprint density at radius 3 is 2.52 bits per heavy atom. The minimum absolute atomic E-state index is 0. The van der Waals surface area contributed by atoms with Crippen molar-refractivity contribution < 1.29 is 9.32 Å². The number of halogens is 1. The van der Waals surface area contributed by atoms with Gasteiger partial charge in [0.2, 0.25) is 0 Å². The van der Waals surface area contributed by atoms with E-state index in [2.05, 4.69) is 29.5 Å². The van der Waals surface area contributed by atoms with E-state index in [4.69, 9.17) is 0 Å². The van der Waals surface area contributed by atoms with E-state index in [0.717, 1.165) is 30.9 Å². The molecule has 7 heteroatoms. The van der Waals surface area contributed by atoms with E-state index in [1.807, 2.05) is 37.3 Å². The maximum Gasteiger partial charge on any atom is 0.191 e. The molecule has 0 heterocycles. The van der Waals surface area contributed by atoms with Crippen molar-refractivity contribution in [2.45, 2.75) is 39.4 Å². The van der Waals surface area contributed by atoms with Gasteiger partial charge in [-0.25, -0.2) is 0 Å². The minimum atomic E-state index is -0.893. The zero-order valence-electron chi connectivity index (χ0n) is 16.8. The van der Waals surface area contributed by atoms with Gasteiger partial charge in [0, 0.05) is 48.5 Å². The lowest BCUT2D eigenvalue weighted by molar-refractivity contribution is 0.245. The van der Waals surface area contributed by atoms with Crippen molar-refractivity contribution in [1.29, 1.82) is 0 Å². The number of aliphatic hydroxyl groups is 1. The molecule has 0 fully saturated rings. The highest BCUT2D eigenvalue weighted by atomic mass is 127. The normalized spacial score (nSPS) is 13.7. The second-order valence-corrected chi connectivity index (χ2v) is 8.50. The quantitative estimate of drug-likeness (QED) is 0.230. The fourth-order valence-electron chi connectivity index (χ4n) is 2.81. The summed E-state index contributed by atoms with van der Waals surface area (Å²) in [6.07, 6.45) is 1.84. The number of benzene rings is 1. The number of rotatable bonds is 12. The predicted octanol–water partition coefficient (Wildman–Crippen LogP) is 3.15. The first-order chi connectivity index (χ1) is 12.5. The summed E-state index contributed by atoms with van der Waals surface area (Å²) in [5, 5.41) is 15.7. The molecule has 156 valence electrons. The van der Waals surface area contributed by atoms with E-state index in [1.54, 1.807) is 0 Å².